The predicted octanol–water partition coefficient (Wildman–Crippen LogP) is 5.80. The smallest absolute Gasteiger partial charge is 0.412 e. The molecule has 0 aliphatic heterocycles. The van der Waals surface area contributed by atoms with Gasteiger partial charge in [0.2, 0.25) is 0 Å². The highest BCUT2D eigenvalue weighted by atomic mass is 19.2. The minimum atomic E-state index is -1.99. The molecule has 0 saturated heterocycles. The summed E-state index contributed by atoms with van der Waals surface area (Å²) in [6.45, 7) is 6.79. The molecule has 2 aromatic rings. The second-order valence-corrected chi connectivity index (χ2v) is 8.44. The van der Waals surface area contributed by atoms with Crippen LogP contribution >= 0.6 is 0 Å². The van der Waals surface area contributed by atoms with Crippen molar-refractivity contribution in [3.05, 3.63) is 58.4 Å². The molecule has 0 aromatic heterocycles. The summed E-state index contributed by atoms with van der Waals surface area (Å²) in [5.74, 6) is -11.4. The van der Waals surface area contributed by atoms with Crippen LogP contribution in [0.5, 0.6) is 0 Å². The van der Waals surface area contributed by atoms with Gasteiger partial charge in [-0.3, -0.25) is 19.9 Å². The monoisotopic (exact) mass is 514 g/mol. The number of esters is 1. The first-order valence-corrected chi connectivity index (χ1v) is 10.5. The third-order valence-corrected chi connectivity index (χ3v) is 4.50. The Labute approximate surface area is 203 Å². The average molecular weight is 514 g/mol. The molecule has 0 heterocycles. The highest BCUT2D eigenvalue weighted by Crippen LogP contribution is 2.27. The van der Waals surface area contributed by atoms with Crippen LogP contribution in [0.1, 0.15) is 43.6 Å². The van der Waals surface area contributed by atoms with Crippen molar-refractivity contribution in [2.24, 2.45) is 10.9 Å². The highest BCUT2D eigenvalue weighted by Gasteiger charge is 2.31. The van der Waals surface area contributed by atoms with Crippen molar-refractivity contribution >= 4 is 35.4 Å². The number of halogens is 5. The zero-order valence-corrected chi connectivity index (χ0v) is 20.0. The quantitative estimate of drug-likeness (QED) is 0.126. The number of amides is 1. The van der Waals surface area contributed by atoms with Crippen LogP contribution in [-0.2, 0) is 14.3 Å². The lowest BCUT2D eigenvalue weighted by atomic mass is 9.96. The molecular formula is C24H23F5N2O5. The molecule has 7 nitrogen and oxygen atoms in total. The van der Waals surface area contributed by atoms with E-state index in [-0.39, 0.29) is 12.7 Å². The Bertz CT molecular complexity index is 1220. The van der Waals surface area contributed by atoms with Crippen LogP contribution in [0.3, 0.4) is 0 Å². The number of carbonyl (C=O) groups excluding carboxylic acids is 3. The fraction of sp³-hybridized carbons (Fsp3) is 0.333. The lowest BCUT2D eigenvalue weighted by molar-refractivity contribution is -0.143. The summed E-state index contributed by atoms with van der Waals surface area (Å²) in [6, 6.07) is 1.43. The fourth-order valence-corrected chi connectivity index (χ4v) is 2.85. The Morgan fingerprint density at radius 1 is 1.00 bits per heavy atom. The minimum absolute atomic E-state index is 0.204. The number of carbonyl (C=O) groups is 3. The van der Waals surface area contributed by atoms with Crippen molar-refractivity contribution in [3.8, 4) is 0 Å². The summed E-state index contributed by atoms with van der Waals surface area (Å²) >= 11 is 0. The van der Waals surface area contributed by atoms with Crippen molar-refractivity contribution in [3.63, 3.8) is 0 Å². The molecule has 1 amide bonds. The van der Waals surface area contributed by atoms with Gasteiger partial charge in [-0.05, 0) is 46.8 Å². The van der Waals surface area contributed by atoms with E-state index < -0.39 is 81.0 Å². The van der Waals surface area contributed by atoms with Crippen molar-refractivity contribution < 1.29 is 45.8 Å². The van der Waals surface area contributed by atoms with E-state index in [2.05, 4.69) is 10.3 Å². The number of aliphatic imine (C=N–C) groups is 1. The van der Waals surface area contributed by atoms with Crippen molar-refractivity contribution in [2.75, 3.05) is 11.9 Å². The third kappa shape index (κ3) is 6.86. The molecule has 0 bridgehead atoms. The van der Waals surface area contributed by atoms with E-state index in [0.717, 1.165) is 13.0 Å². The Kier molecular flexibility index (Phi) is 8.89. The van der Waals surface area contributed by atoms with Gasteiger partial charge in [0.05, 0.1) is 17.9 Å². The number of hydrogen-bond acceptors (Lipinski definition) is 6. The van der Waals surface area contributed by atoms with E-state index >= 15 is 0 Å². The van der Waals surface area contributed by atoms with Crippen LogP contribution in [0.25, 0.3) is 0 Å². The maximum atomic E-state index is 14.5. The molecule has 1 atom stereocenters. The Balaban J connectivity index is 2.47. The van der Waals surface area contributed by atoms with Crippen LogP contribution in [0, 0.1) is 41.9 Å². The standard InChI is InChI=1S/C24H23F5N2O5/c1-6-35-22(33)13(21(32)12-7-16(27)20(29)11(2)19(12)28)10-30-17-9-18(15(26)8-14(17)25)31-23(34)36-24(3,4)5/h7-10,13H,6H2,1-5H3,(H,31,34). The number of ether oxygens (including phenoxy) is 2. The maximum Gasteiger partial charge on any atom is 0.412 e. The molecule has 0 spiro atoms. The van der Waals surface area contributed by atoms with Gasteiger partial charge in [-0.2, -0.15) is 0 Å². The normalized spacial score (nSPS) is 12.4. The number of nitrogens with zero attached hydrogens (tertiary/aromatic N) is 1. The summed E-state index contributed by atoms with van der Waals surface area (Å²) in [5, 5.41) is 2.08. The van der Waals surface area contributed by atoms with Gasteiger partial charge in [-0.15, -0.1) is 0 Å². The number of rotatable bonds is 7. The number of Topliss-reactive ketones (excluding diaryl/α,β-unsaturated/α-hetero) is 1. The molecule has 0 saturated carbocycles. The number of nitrogens with one attached hydrogen (secondary N) is 1. The largest absolute Gasteiger partial charge is 0.465 e. The first-order chi connectivity index (χ1) is 16.7. The Morgan fingerprint density at radius 2 is 1.64 bits per heavy atom. The molecule has 0 radical (unpaired) electrons. The van der Waals surface area contributed by atoms with Gasteiger partial charge < -0.3 is 9.47 Å². The third-order valence-electron chi connectivity index (χ3n) is 4.50. The van der Waals surface area contributed by atoms with Gasteiger partial charge in [0.1, 0.15) is 22.9 Å². The molecule has 1 unspecified atom stereocenters. The average Bonchev–Trinajstić information content (AvgIpc) is 2.76. The molecular weight excluding hydrogens is 491 g/mol. The lowest BCUT2D eigenvalue weighted by Crippen LogP contribution is -2.29. The number of benzene rings is 2. The second kappa shape index (κ2) is 11.3. The highest BCUT2D eigenvalue weighted by molar-refractivity contribution is 6.18. The SMILES string of the molecule is CCOC(=O)C(C=Nc1cc(NC(=O)OC(C)(C)C)c(F)cc1F)C(=O)c1cc(F)c(F)c(C)c1F. The lowest BCUT2D eigenvalue weighted by Gasteiger charge is -2.20. The van der Waals surface area contributed by atoms with Gasteiger partial charge in [-0.25, -0.2) is 26.7 Å². The number of anilines is 1. The van der Waals surface area contributed by atoms with Crippen LogP contribution in [-0.4, -0.2) is 36.3 Å². The molecule has 36 heavy (non-hydrogen) atoms. The maximum absolute atomic E-state index is 14.5. The first-order valence-electron chi connectivity index (χ1n) is 10.5. The molecule has 12 heteroatoms. The Hall–Kier alpha value is -3.83. The molecule has 2 rings (SSSR count). The van der Waals surface area contributed by atoms with Crippen molar-refractivity contribution in [1.82, 2.24) is 0 Å². The summed E-state index contributed by atoms with van der Waals surface area (Å²) in [4.78, 5) is 40.8. The van der Waals surface area contributed by atoms with E-state index in [1.54, 1.807) is 20.8 Å². The van der Waals surface area contributed by atoms with Crippen LogP contribution in [0.4, 0.5) is 38.1 Å². The molecule has 0 aliphatic rings. The van der Waals surface area contributed by atoms with Crippen LogP contribution in [0.15, 0.2) is 23.2 Å². The number of hydrogen-bond donors (Lipinski definition) is 1. The van der Waals surface area contributed by atoms with Gasteiger partial charge >= 0.3 is 12.1 Å². The van der Waals surface area contributed by atoms with Crippen LogP contribution in [0.2, 0.25) is 0 Å². The summed E-state index contributed by atoms with van der Waals surface area (Å²) < 4.78 is 80.2. The van der Waals surface area contributed by atoms with Gasteiger partial charge in [-0.1, -0.05) is 0 Å². The second-order valence-electron chi connectivity index (χ2n) is 8.44. The van der Waals surface area contributed by atoms with Crippen molar-refractivity contribution in [2.45, 2.75) is 40.2 Å². The molecule has 0 fully saturated rings. The van der Waals surface area contributed by atoms with E-state index in [1.165, 1.54) is 6.92 Å². The minimum Gasteiger partial charge on any atom is -0.465 e. The molecule has 2 aromatic carbocycles. The van der Waals surface area contributed by atoms with Crippen molar-refractivity contribution in [1.29, 1.82) is 0 Å². The number of ketones is 1. The summed E-state index contributed by atoms with van der Waals surface area (Å²) in [6.07, 6.45) is -0.462. The first kappa shape index (κ1) is 28.4. The summed E-state index contributed by atoms with van der Waals surface area (Å²) in [7, 11) is 0. The van der Waals surface area contributed by atoms with Gasteiger partial charge in [0, 0.05) is 17.8 Å². The summed E-state index contributed by atoms with van der Waals surface area (Å²) in [5.41, 5.74) is -3.81. The van der Waals surface area contributed by atoms with Crippen LogP contribution < -0.4 is 5.32 Å². The molecule has 0 aliphatic carbocycles. The zero-order chi connectivity index (χ0) is 27.4. The fourth-order valence-electron chi connectivity index (χ4n) is 2.85. The predicted molar refractivity (Wildman–Crippen MR) is 120 cm³/mol. The van der Waals surface area contributed by atoms with Gasteiger partial charge in [0.15, 0.2) is 29.2 Å². The topological polar surface area (TPSA) is 94.1 Å². The van der Waals surface area contributed by atoms with Gasteiger partial charge in [0.25, 0.3) is 0 Å². The van der Waals surface area contributed by atoms with E-state index in [1.807, 2.05) is 0 Å². The van der Waals surface area contributed by atoms with E-state index in [9.17, 15) is 36.3 Å². The van der Waals surface area contributed by atoms with E-state index in [0.29, 0.717) is 12.3 Å². The molecule has 194 valence electrons. The van der Waals surface area contributed by atoms with E-state index in [4.69, 9.17) is 9.47 Å². The zero-order valence-electron chi connectivity index (χ0n) is 20.0. The molecule has 1 N–H and O–H groups in total. The Morgan fingerprint density at radius 3 is 2.22 bits per heavy atom.